The molecular weight excluding hydrogens is 448 g/mol. The van der Waals surface area contributed by atoms with Gasteiger partial charge in [0.1, 0.15) is 0 Å². The van der Waals surface area contributed by atoms with Crippen LogP contribution < -0.4 is 9.64 Å². The van der Waals surface area contributed by atoms with Crippen LogP contribution in [0.15, 0.2) is 60.9 Å². The van der Waals surface area contributed by atoms with Crippen molar-refractivity contribution < 1.29 is 18.3 Å². The van der Waals surface area contributed by atoms with Crippen molar-refractivity contribution in [2.24, 2.45) is 5.92 Å². The highest BCUT2D eigenvalue weighted by atomic mass is 19.3. The third-order valence-electron chi connectivity index (χ3n) is 6.45. The van der Waals surface area contributed by atoms with E-state index in [9.17, 15) is 13.6 Å². The monoisotopic (exact) mass is 479 g/mol. The molecule has 1 fully saturated rings. The number of ether oxygens (including phenoxy) is 1. The van der Waals surface area contributed by atoms with Gasteiger partial charge in [0.25, 0.3) is 0 Å². The van der Waals surface area contributed by atoms with Crippen molar-refractivity contribution >= 4 is 11.6 Å². The Morgan fingerprint density at radius 3 is 2.54 bits per heavy atom. The van der Waals surface area contributed by atoms with E-state index >= 15 is 0 Å². The third-order valence-corrected chi connectivity index (χ3v) is 6.45. The molecule has 7 heteroatoms. The highest BCUT2D eigenvalue weighted by Crippen LogP contribution is 2.44. The van der Waals surface area contributed by atoms with Gasteiger partial charge in [-0.2, -0.15) is 0 Å². The molecule has 2 heterocycles. The molecule has 1 aliphatic carbocycles. The molecule has 4 rings (SSSR count). The van der Waals surface area contributed by atoms with Crippen LogP contribution in [0.5, 0.6) is 5.88 Å². The van der Waals surface area contributed by atoms with E-state index in [2.05, 4.69) is 16.0 Å². The Balaban J connectivity index is 1.46. The maximum absolute atomic E-state index is 13.5. The third kappa shape index (κ3) is 6.41. The molecule has 0 bridgehead atoms. The van der Waals surface area contributed by atoms with Gasteiger partial charge in [0.2, 0.25) is 17.7 Å². The second-order valence-corrected chi connectivity index (χ2v) is 9.20. The van der Waals surface area contributed by atoms with Crippen molar-refractivity contribution in [1.82, 2.24) is 9.97 Å². The molecule has 0 radical (unpaired) electrons. The van der Waals surface area contributed by atoms with Crippen molar-refractivity contribution in [1.29, 1.82) is 0 Å². The van der Waals surface area contributed by atoms with Crippen LogP contribution in [0.2, 0.25) is 0 Å². The lowest BCUT2D eigenvalue weighted by atomic mass is 9.80. The standard InChI is InChI=1S/C28H31F2N3O2/c1-20-15-21(10-12-31-20)7-4-3-5-14-33(27(34)24-18-28(29,30)19-24)25-9-6-8-22(16-25)23-11-13-32-26(17-23)35-2/h6,8-13,15-17,24H,3-5,7,14,18-19H2,1-2H3. The molecule has 1 aromatic carbocycles. The largest absolute Gasteiger partial charge is 0.481 e. The second-order valence-electron chi connectivity index (χ2n) is 9.20. The Bertz CT molecular complexity index is 1160. The molecule has 0 spiro atoms. The Labute approximate surface area is 205 Å². The van der Waals surface area contributed by atoms with Gasteiger partial charge in [0.15, 0.2) is 0 Å². The number of benzene rings is 1. The number of pyridine rings is 2. The minimum absolute atomic E-state index is 0.217. The fraction of sp³-hybridized carbons (Fsp3) is 0.393. The summed E-state index contributed by atoms with van der Waals surface area (Å²) in [5.74, 6) is -3.08. The van der Waals surface area contributed by atoms with Crippen LogP contribution in [0, 0.1) is 12.8 Å². The topological polar surface area (TPSA) is 55.3 Å². The van der Waals surface area contributed by atoms with Crippen LogP contribution >= 0.6 is 0 Å². The van der Waals surface area contributed by atoms with Crippen LogP contribution in [0.25, 0.3) is 11.1 Å². The van der Waals surface area contributed by atoms with E-state index in [0.29, 0.717) is 12.4 Å². The predicted molar refractivity (Wildman–Crippen MR) is 133 cm³/mol. The molecule has 0 atom stereocenters. The van der Waals surface area contributed by atoms with Gasteiger partial charge >= 0.3 is 0 Å². The summed E-state index contributed by atoms with van der Waals surface area (Å²) in [6, 6.07) is 15.5. The number of nitrogens with zero attached hydrogens (tertiary/aromatic N) is 3. The van der Waals surface area contributed by atoms with Gasteiger partial charge in [0.05, 0.1) is 7.11 Å². The number of carbonyl (C=O) groups excluding carboxylic acids is 1. The van der Waals surface area contributed by atoms with E-state index in [4.69, 9.17) is 4.74 Å². The average Bonchev–Trinajstić information content (AvgIpc) is 2.84. The molecule has 5 nitrogen and oxygen atoms in total. The van der Waals surface area contributed by atoms with Gasteiger partial charge in [-0.1, -0.05) is 18.6 Å². The molecule has 35 heavy (non-hydrogen) atoms. The summed E-state index contributed by atoms with van der Waals surface area (Å²) in [7, 11) is 1.56. The number of rotatable bonds is 10. The van der Waals surface area contributed by atoms with Gasteiger partial charge in [-0.25, -0.2) is 13.8 Å². The Hall–Kier alpha value is -3.35. The number of hydrogen-bond donors (Lipinski definition) is 0. The number of hydrogen-bond acceptors (Lipinski definition) is 4. The normalized spacial score (nSPS) is 14.9. The van der Waals surface area contributed by atoms with E-state index < -0.39 is 11.8 Å². The van der Waals surface area contributed by atoms with Crippen LogP contribution in [0.1, 0.15) is 43.4 Å². The number of aromatic nitrogens is 2. The summed E-state index contributed by atoms with van der Waals surface area (Å²) in [4.78, 5) is 23.3. The van der Waals surface area contributed by atoms with Crippen LogP contribution in [-0.4, -0.2) is 35.5 Å². The first kappa shape index (κ1) is 24.8. The number of carbonyl (C=O) groups is 1. The number of halogens is 2. The van der Waals surface area contributed by atoms with Crippen LogP contribution in [0.3, 0.4) is 0 Å². The number of alkyl halides is 2. The zero-order valence-corrected chi connectivity index (χ0v) is 20.2. The molecular formula is C28H31F2N3O2. The Kier molecular flexibility index (Phi) is 7.73. The number of aryl methyl sites for hydroxylation is 2. The lowest BCUT2D eigenvalue weighted by molar-refractivity contribution is -0.147. The number of methoxy groups -OCH3 is 1. The number of amides is 1. The Morgan fingerprint density at radius 2 is 1.80 bits per heavy atom. The smallest absolute Gasteiger partial charge is 0.249 e. The van der Waals surface area contributed by atoms with Gasteiger partial charge in [0, 0.05) is 55.1 Å². The molecule has 3 aromatic rings. The predicted octanol–water partition coefficient (Wildman–Crippen LogP) is 6.25. The van der Waals surface area contributed by atoms with Crippen LogP contribution in [-0.2, 0) is 11.2 Å². The summed E-state index contributed by atoms with van der Waals surface area (Å²) in [5.41, 5.74) is 4.80. The van der Waals surface area contributed by atoms with Crippen molar-refractivity contribution in [2.75, 3.05) is 18.6 Å². The number of anilines is 1. The summed E-state index contributed by atoms with van der Waals surface area (Å²) in [6.07, 6.45) is 6.43. The van der Waals surface area contributed by atoms with E-state index in [0.717, 1.165) is 48.2 Å². The minimum Gasteiger partial charge on any atom is -0.481 e. The summed E-state index contributed by atoms with van der Waals surface area (Å²) >= 11 is 0. The molecule has 0 saturated heterocycles. The average molecular weight is 480 g/mol. The van der Waals surface area contributed by atoms with Gasteiger partial charge in [-0.05, 0) is 73.2 Å². The summed E-state index contributed by atoms with van der Waals surface area (Å²) < 4.78 is 32.3. The van der Waals surface area contributed by atoms with Crippen molar-refractivity contribution in [3.8, 4) is 17.0 Å². The molecule has 1 saturated carbocycles. The van der Waals surface area contributed by atoms with Crippen molar-refractivity contribution in [3.05, 3.63) is 72.2 Å². The van der Waals surface area contributed by atoms with E-state index in [1.165, 1.54) is 5.56 Å². The highest BCUT2D eigenvalue weighted by molar-refractivity contribution is 5.96. The maximum Gasteiger partial charge on any atom is 0.249 e. The molecule has 0 unspecified atom stereocenters. The first-order chi connectivity index (χ1) is 16.8. The fourth-order valence-corrected chi connectivity index (χ4v) is 4.51. The zero-order chi connectivity index (χ0) is 24.8. The van der Waals surface area contributed by atoms with E-state index in [-0.39, 0.29) is 18.7 Å². The first-order valence-corrected chi connectivity index (χ1v) is 12.1. The van der Waals surface area contributed by atoms with E-state index in [1.807, 2.05) is 55.6 Å². The molecule has 0 aliphatic heterocycles. The number of unbranched alkanes of at least 4 members (excludes halogenated alkanes) is 2. The van der Waals surface area contributed by atoms with Crippen LogP contribution in [0.4, 0.5) is 14.5 Å². The molecule has 1 amide bonds. The second kappa shape index (κ2) is 10.9. The Morgan fingerprint density at radius 1 is 1.03 bits per heavy atom. The first-order valence-electron chi connectivity index (χ1n) is 12.1. The van der Waals surface area contributed by atoms with Gasteiger partial charge < -0.3 is 9.64 Å². The fourth-order valence-electron chi connectivity index (χ4n) is 4.51. The lowest BCUT2D eigenvalue weighted by Gasteiger charge is -2.37. The van der Waals surface area contributed by atoms with Crippen molar-refractivity contribution in [2.45, 2.75) is 51.4 Å². The highest BCUT2D eigenvalue weighted by Gasteiger charge is 2.49. The summed E-state index contributed by atoms with van der Waals surface area (Å²) in [6.45, 7) is 2.48. The lowest BCUT2D eigenvalue weighted by Crippen LogP contribution is -2.47. The molecule has 2 aromatic heterocycles. The molecule has 0 N–H and O–H groups in total. The quantitative estimate of drug-likeness (QED) is 0.323. The van der Waals surface area contributed by atoms with Gasteiger partial charge in [-0.15, -0.1) is 0 Å². The van der Waals surface area contributed by atoms with E-state index in [1.54, 1.807) is 18.2 Å². The minimum atomic E-state index is -2.73. The van der Waals surface area contributed by atoms with Gasteiger partial charge in [-0.3, -0.25) is 9.78 Å². The SMILES string of the molecule is COc1cc(-c2cccc(N(CCCCCc3ccnc(C)c3)C(=O)C3CC(F)(F)C3)c2)ccn1. The molecule has 1 aliphatic rings. The molecule has 184 valence electrons. The maximum atomic E-state index is 13.5. The zero-order valence-electron chi connectivity index (χ0n) is 20.2. The summed E-state index contributed by atoms with van der Waals surface area (Å²) in [5, 5.41) is 0. The van der Waals surface area contributed by atoms with Crippen molar-refractivity contribution in [3.63, 3.8) is 0 Å².